The number of hydrogen-bond donors (Lipinski definition) is 2. The molecule has 3 rings (SSSR count). The first-order valence-corrected chi connectivity index (χ1v) is 11.4. The number of benzene rings is 2. The third kappa shape index (κ3) is 5.03. The molecule has 0 aliphatic heterocycles. The standard InChI is InChI=1S/C19H21N5O3S2/c1-3-24-18(14-7-5-4-6-8-14)22-23-19(24)28-12-17(25)21-15-10-9-13(2)16(11-15)29(20,26)27/h4-11H,3,12H2,1-2H3,(H,21,25)(H2,20,26,27). The van der Waals surface area contributed by atoms with Gasteiger partial charge in [0.25, 0.3) is 0 Å². The maximum Gasteiger partial charge on any atom is 0.238 e. The Morgan fingerprint density at radius 2 is 1.90 bits per heavy atom. The van der Waals surface area contributed by atoms with Crippen LogP contribution in [0.15, 0.2) is 58.6 Å². The molecule has 0 saturated carbocycles. The van der Waals surface area contributed by atoms with Crippen LogP contribution in [0.25, 0.3) is 11.4 Å². The lowest BCUT2D eigenvalue weighted by molar-refractivity contribution is -0.113. The zero-order chi connectivity index (χ0) is 21.0. The van der Waals surface area contributed by atoms with Crippen LogP contribution in [0.2, 0.25) is 0 Å². The molecule has 2 aromatic carbocycles. The van der Waals surface area contributed by atoms with Gasteiger partial charge in [0.05, 0.1) is 10.6 Å². The highest BCUT2D eigenvalue weighted by atomic mass is 32.2. The fourth-order valence-electron chi connectivity index (χ4n) is 2.79. The normalized spacial score (nSPS) is 11.4. The van der Waals surface area contributed by atoms with Crippen LogP contribution in [0, 0.1) is 6.92 Å². The van der Waals surface area contributed by atoms with Gasteiger partial charge in [-0.2, -0.15) is 0 Å². The molecule has 1 aromatic heterocycles. The Balaban J connectivity index is 1.70. The molecule has 10 heteroatoms. The molecule has 0 unspecified atom stereocenters. The number of carbonyl (C=O) groups excluding carboxylic acids is 1. The molecule has 1 heterocycles. The van der Waals surface area contributed by atoms with Crippen molar-refractivity contribution in [1.82, 2.24) is 14.8 Å². The van der Waals surface area contributed by atoms with E-state index in [1.165, 1.54) is 17.8 Å². The number of aromatic nitrogens is 3. The van der Waals surface area contributed by atoms with Crippen LogP contribution >= 0.6 is 11.8 Å². The maximum atomic E-state index is 12.3. The molecular formula is C19H21N5O3S2. The molecule has 0 spiro atoms. The minimum atomic E-state index is -3.86. The zero-order valence-corrected chi connectivity index (χ0v) is 17.6. The van der Waals surface area contributed by atoms with E-state index in [0.717, 1.165) is 11.4 Å². The lowest BCUT2D eigenvalue weighted by Gasteiger charge is -2.09. The molecule has 29 heavy (non-hydrogen) atoms. The minimum Gasteiger partial charge on any atom is -0.325 e. The van der Waals surface area contributed by atoms with Gasteiger partial charge in [-0.3, -0.25) is 4.79 Å². The first-order chi connectivity index (χ1) is 13.8. The molecule has 0 fully saturated rings. The Hall–Kier alpha value is -2.69. The SMILES string of the molecule is CCn1c(SCC(=O)Nc2ccc(C)c(S(N)(=O)=O)c2)nnc1-c1ccccc1. The fraction of sp³-hybridized carbons (Fsp3) is 0.211. The van der Waals surface area contributed by atoms with E-state index < -0.39 is 10.0 Å². The van der Waals surface area contributed by atoms with Gasteiger partial charge in [-0.15, -0.1) is 10.2 Å². The second-order valence-electron chi connectivity index (χ2n) is 6.28. The number of sulfonamides is 1. The number of nitrogens with one attached hydrogen (secondary N) is 1. The minimum absolute atomic E-state index is 0.0128. The number of primary sulfonamides is 1. The highest BCUT2D eigenvalue weighted by molar-refractivity contribution is 7.99. The summed E-state index contributed by atoms with van der Waals surface area (Å²) in [6.45, 7) is 4.29. The van der Waals surface area contributed by atoms with E-state index in [4.69, 9.17) is 5.14 Å². The van der Waals surface area contributed by atoms with Gasteiger partial charge in [0.1, 0.15) is 0 Å². The van der Waals surface area contributed by atoms with E-state index in [1.54, 1.807) is 19.1 Å². The lowest BCUT2D eigenvalue weighted by atomic mass is 10.2. The Bertz CT molecular complexity index is 1130. The molecule has 0 saturated heterocycles. The van der Waals surface area contributed by atoms with Crippen molar-refractivity contribution in [3.63, 3.8) is 0 Å². The number of thioether (sulfide) groups is 1. The van der Waals surface area contributed by atoms with Crippen LogP contribution in [-0.4, -0.2) is 34.8 Å². The quantitative estimate of drug-likeness (QED) is 0.555. The number of anilines is 1. The van der Waals surface area contributed by atoms with E-state index in [1.807, 2.05) is 41.8 Å². The Kier molecular flexibility index (Phi) is 6.36. The van der Waals surface area contributed by atoms with Gasteiger partial charge in [0.2, 0.25) is 15.9 Å². The van der Waals surface area contributed by atoms with E-state index in [-0.39, 0.29) is 16.6 Å². The first-order valence-electron chi connectivity index (χ1n) is 8.84. The van der Waals surface area contributed by atoms with Crippen molar-refractivity contribution in [2.45, 2.75) is 30.4 Å². The number of nitrogens with two attached hydrogens (primary N) is 1. The molecule has 152 valence electrons. The van der Waals surface area contributed by atoms with E-state index >= 15 is 0 Å². The number of aryl methyl sites for hydroxylation is 1. The van der Waals surface area contributed by atoms with Gasteiger partial charge in [-0.25, -0.2) is 13.6 Å². The van der Waals surface area contributed by atoms with Crippen LogP contribution in [-0.2, 0) is 21.4 Å². The summed E-state index contributed by atoms with van der Waals surface area (Å²) < 4.78 is 25.2. The van der Waals surface area contributed by atoms with E-state index in [0.29, 0.717) is 23.0 Å². The van der Waals surface area contributed by atoms with Crippen molar-refractivity contribution < 1.29 is 13.2 Å². The van der Waals surface area contributed by atoms with Gasteiger partial charge in [0, 0.05) is 17.8 Å². The number of amides is 1. The van der Waals surface area contributed by atoms with Crippen molar-refractivity contribution in [3.8, 4) is 11.4 Å². The van der Waals surface area contributed by atoms with Gasteiger partial charge in [0.15, 0.2) is 11.0 Å². The van der Waals surface area contributed by atoms with Crippen molar-refractivity contribution >= 4 is 33.4 Å². The zero-order valence-electron chi connectivity index (χ0n) is 16.0. The predicted molar refractivity (Wildman–Crippen MR) is 113 cm³/mol. The van der Waals surface area contributed by atoms with Crippen molar-refractivity contribution in [2.24, 2.45) is 5.14 Å². The van der Waals surface area contributed by atoms with Gasteiger partial charge >= 0.3 is 0 Å². The molecule has 0 aliphatic carbocycles. The average molecular weight is 432 g/mol. The summed E-state index contributed by atoms with van der Waals surface area (Å²) in [6.07, 6.45) is 0. The van der Waals surface area contributed by atoms with Crippen molar-refractivity contribution in [1.29, 1.82) is 0 Å². The van der Waals surface area contributed by atoms with Gasteiger partial charge in [-0.05, 0) is 31.5 Å². The summed E-state index contributed by atoms with van der Waals surface area (Å²) >= 11 is 1.26. The van der Waals surface area contributed by atoms with Crippen LogP contribution in [0.4, 0.5) is 5.69 Å². The third-order valence-corrected chi connectivity index (χ3v) is 6.20. The summed E-state index contributed by atoms with van der Waals surface area (Å²) in [5.41, 5.74) is 1.84. The summed E-state index contributed by atoms with van der Waals surface area (Å²) in [7, 11) is -3.86. The maximum absolute atomic E-state index is 12.3. The molecular weight excluding hydrogens is 410 g/mol. The average Bonchev–Trinajstić information content (AvgIpc) is 3.10. The van der Waals surface area contributed by atoms with Crippen LogP contribution in [0.5, 0.6) is 0 Å². The summed E-state index contributed by atoms with van der Waals surface area (Å²) in [4.78, 5) is 12.3. The van der Waals surface area contributed by atoms with Crippen molar-refractivity contribution in [3.05, 3.63) is 54.1 Å². The topological polar surface area (TPSA) is 120 Å². The molecule has 3 aromatic rings. The van der Waals surface area contributed by atoms with Gasteiger partial charge in [-0.1, -0.05) is 48.2 Å². The number of hydrogen-bond acceptors (Lipinski definition) is 6. The lowest BCUT2D eigenvalue weighted by Crippen LogP contribution is -2.17. The summed E-state index contributed by atoms with van der Waals surface area (Å²) in [6, 6.07) is 14.3. The molecule has 0 aliphatic rings. The molecule has 1 amide bonds. The number of carbonyl (C=O) groups is 1. The second-order valence-corrected chi connectivity index (χ2v) is 8.75. The molecule has 0 bridgehead atoms. The van der Waals surface area contributed by atoms with Crippen LogP contribution in [0.3, 0.4) is 0 Å². The van der Waals surface area contributed by atoms with Crippen molar-refractivity contribution in [2.75, 3.05) is 11.1 Å². The summed E-state index contributed by atoms with van der Waals surface area (Å²) in [5.74, 6) is 0.560. The highest BCUT2D eigenvalue weighted by Crippen LogP contribution is 2.24. The number of rotatable bonds is 7. The molecule has 0 radical (unpaired) electrons. The van der Waals surface area contributed by atoms with Crippen LogP contribution < -0.4 is 10.5 Å². The monoisotopic (exact) mass is 431 g/mol. The largest absolute Gasteiger partial charge is 0.325 e. The Morgan fingerprint density at radius 3 is 2.55 bits per heavy atom. The fourth-order valence-corrected chi connectivity index (χ4v) is 4.40. The first kappa shape index (κ1) is 21.0. The molecule has 0 atom stereocenters. The molecule has 3 N–H and O–H groups in total. The highest BCUT2D eigenvalue weighted by Gasteiger charge is 2.16. The number of nitrogens with zero attached hydrogens (tertiary/aromatic N) is 3. The Morgan fingerprint density at radius 1 is 1.17 bits per heavy atom. The molecule has 8 nitrogen and oxygen atoms in total. The van der Waals surface area contributed by atoms with E-state index in [9.17, 15) is 13.2 Å². The predicted octanol–water partition coefficient (Wildman–Crippen LogP) is 2.65. The summed E-state index contributed by atoms with van der Waals surface area (Å²) in [5, 5.41) is 17.0. The Labute approximate surface area is 173 Å². The third-order valence-electron chi connectivity index (χ3n) is 4.18. The second kappa shape index (κ2) is 8.76. The van der Waals surface area contributed by atoms with Gasteiger partial charge < -0.3 is 9.88 Å². The van der Waals surface area contributed by atoms with Crippen LogP contribution in [0.1, 0.15) is 12.5 Å². The van der Waals surface area contributed by atoms with E-state index in [2.05, 4.69) is 15.5 Å². The smallest absolute Gasteiger partial charge is 0.238 e.